The standard InChI is InChI=1S/C16H23N3O/c1-14(2)18-12-15-4-6-16(7-5-15)20-11-3-9-19-10-8-17-13-19/h4-8,10,13-14,18H,3,9,11-12H2,1-2H3. The number of ether oxygens (including phenoxy) is 1. The van der Waals surface area contributed by atoms with Gasteiger partial charge in [0, 0.05) is 31.5 Å². The quantitative estimate of drug-likeness (QED) is 0.752. The normalized spacial score (nSPS) is 10.9. The van der Waals surface area contributed by atoms with Crippen LogP contribution in [0.4, 0.5) is 0 Å². The molecule has 1 heterocycles. The van der Waals surface area contributed by atoms with Crippen molar-refractivity contribution in [1.29, 1.82) is 0 Å². The van der Waals surface area contributed by atoms with Crippen LogP contribution in [-0.2, 0) is 13.1 Å². The molecule has 0 saturated heterocycles. The summed E-state index contributed by atoms with van der Waals surface area (Å²) in [5.74, 6) is 0.934. The third kappa shape index (κ3) is 5.05. The van der Waals surface area contributed by atoms with E-state index in [1.54, 1.807) is 6.20 Å². The van der Waals surface area contributed by atoms with Crippen molar-refractivity contribution in [1.82, 2.24) is 14.9 Å². The van der Waals surface area contributed by atoms with Crippen molar-refractivity contribution in [3.8, 4) is 5.75 Å². The molecule has 4 heteroatoms. The summed E-state index contributed by atoms with van der Waals surface area (Å²) in [5.41, 5.74) is 1.28. The molecule has 0 aliphatic carbocycles. The molecule has 1 N–H and O–H groups in total. The van der Waals surface area contributed by atoms with E-state index in [1.807, 2.05) is 24.7 Å². The summed E-state index contributed by atoms with van der Waals surface area (Å²) in [6.07, 6.45) is 6.57. The van der Waals surface area contributed by atoms with Gasteiger partial charge in [0.25, 0.3) is 0 Å². The molecule has 1 aromatic heterocycles. The van der Waals surface area contributed by atoms with Gasteiger partial charge in [-0.1, -0.05) is 26.0 Å². The van der Waals surface area contributed by atoms with Gasteiger partial charge < -0.3 is 14.6 Å². The molecule has 108 valence electrons. The molecule has 20 heavy (non-hydrogen) atoms. The first-order chi connectivity index (χ1) is 9.74. The Labute approximate surface area is 120 Å². The molecule has 0 unspecified atom stereocenters. The van der Waals surface area contributed by atoms with Gasteiger partial charge in [0.05, 0.1) is 12.9 Å². The summed E-state index contributed by atoms with van der Waals surface area (Å²) < 4.78 is 7.79. The minimum atomic E-state index is 0.508. The van der Waals surface area contributed by atoms with Gasteiger partial charge in [0.15, 0.2) is 0 Å². The summed E-state index contributed by atoms with van der Waals surface area (Å²) in [6, 6.07) is 8.80. The number of hydrogen-bond donors (Lipinski definition) is 1. The zero-order valence-corrected chi connectivity index (χ0v) is 12.2. The molecule has 0 amide bonds. The Hall–Kier alpha value is -1.81. The van der Waals surface area contributed by atoms with E-state index in [-0.39, 0.29) is 0 Å². The van der Waals surface area contributed by atoms with Gasteiger partial charge in [-0.05, 0) is 24.1 Å². The molecular formula is C16H23N3O. The predicted molar refractivity (Wildman–Crippen MR) is 80.8 cm³/mol. The third-order valence-corrected chi connectivity index (χ3v) is 3.03. The second kappa shape index (κ2) is 7.70. The van der Waals surface area contributed by atoms with Crippen molar-refractivity contribution in [2.24, 2.45) is 0 Å². The second-order valence-electron chi connectivity index (χ2n) is 5.18. The van der Waals surface area contributed by atoms with Crippen molar-refractivity contribution in [3.63, 3.8) is 0 Å². The van der Waals surface area contributed by atoms with E-state index in [4.69, 9.17) is 4.74 Å². The number of hydrogen-bond acceptors (Lipinski definition) is 3. The van der Waals surface area contributed by atoms with Gasteiger partial charge in [-0.25, -0.2) is 4.98 Å². The summed E-state index contributed by atoms with van der Waals surface area (Å²) in [7, 11) is 0. The van der Waals surface area contributed by atoms with E-state index >= 15 is 0 Å². The molecular weight excluding hydrogens is 250 g/mol. The average molecular weight is 273 g/mol. The summed E-state index contributed by atoms with van der Waals surface area (Å²) in [5, 5.41) is 3.40. The van der Waals surface area contributed by atoms with Crippen molar-refractivity contribution in [2.75, 3.05) is 6.61 Å². The molecule has 0 fully saturated rings. The lowest BCUT2D eigenvalue weighted by molar-refractivity contribution is 0.301. The molecule has 2 aromatic rings. The second-order valence-corrected chi connectivity index (χ2v) is 5.18. The van der Waals surface area contributed by atoms with Crippen LogP contribution in [0.1, 0.15) is 25.8 Å². The maximum absolute atomic E-state index is 5.73. The van der Waals surface area contributed by atoms with Gasteiger partial charge in [0.1, 0.15) is 5.75 Å². The zero-order valence-electron chi connectivity index (χ0n) is 12.2. The molecule has 1 aromatic carbocycles. The van der Waals surface area contributed by atoms with E-state index in [1.165, 1.54) is 5.56 Å². The maximum Gasteiger partial charge on any atom is 0.119 e. The van der Waals surface area contributed by atoms with Crippen molar-refractivity contribution < 1.29 is 4.74 Å². The lowest BCUT2D eigenvalue weighted by Gasteiger charge is -2.10. The van der Waals surface area contributed by atoms with Crippen molar-refractivity contribution in [3.05, 3.63) is 48.5 Å². The number of aromatic nitrogens is 2. The van der Waals surface area contributed by atoms with Gasteiger partial charge in [0.2, 0.25) is 0 Å². The van der Waals surface area contributed by atoms with E-state index in [2.05, 4.69) is 40.8 Å². The molecule has 0 spiro atoms. The van der Waals surface area contributed by atoms with Crippen LogP contribution in [0, 0.1) is 0 Å². The monoisotopic (exact) mass is 273 g/mol. The molecule has 0 radical (unpaired) electrons. The average Bonchev–Trinajstić information content (AvgIpc) is 2.96. The number of benzene rings is 1. The van der Waals surface area contributed by atoms with Crippen LogP contribution in [0.3, 0.4) is 0 Å². The first-order valence-corrected chi connectivity index (χ1v) is 7.15. The van der Waals surface area contributed by atoms with Gasteiger partial charge in [-0.15, -0.1) is 0 Å². The van der Waals surface area contributed by atoms with E-state index in [9.17, 15) is 0 Å². The molecule has 0 saturated carbocycles. The van der Waals surface area contributed by atoms with Gasteiger partial charge in [-0.3, -0.25) is 0 Å². The molecule has 0 atom stereocenters. The van der Waals surface area contributed by atoms with Crippen molar-refractivity contribution in [2.45, 2.75) is 39.4 Å². The molecule has 2 rings (SSSR count). The Morgan fingerprint density at radius 1 is 1.25 bits per heavy atom. The minimum absolute atomic E-state index is 0.508. The Balaban J connectivity index is 1.68. The molecule has 4 nitrogen and oxygen atoms in total. The third-order valence-electron chi connectivity index (χ3n) is 3.03. The van der Waals surface area contributed by atoms with Crippen LogP contribution >= 0.6 is 0 Å². The van der Waals surface area contributed by atoms with Crippen LogP contribution in [0.25, 0.3) is 0 Å². The minimum Gasteiger partial charge on any atom is -0.494 e. The fourth-order valence-corrected chi connectivity index (χ4v) is 1.88. The molecule has 0 aliphatic rings. The van der Waals surface area contributed by atoms with Gasteiger partial charge >= 0.3 is 0 Å². The summed E-state index contributed by atoms with van der Waals surface area (Å²) in [4.78, 5) is 4.01. The number of nitrogens with zero attached hydrogens (tertiary/aromatic N) is 2. The Morgan fingerprint density at radius 3 is 2.70 bits per heavy atom. The fourth-order valence-electron chi connectivity index (χ4n) is 1.88. The number of aryl methyl sites for hydroxylation is 1. The number of nitrogens with one attached hydrogen (secondary N) is 1. The van der Waals surface area contributed by atoms with Crippen LogP contribution in [0.2, 0.25) is 0 Å². The summed E-state index contributed by atoms with van der Waals surface area (Å²) >= 11 is 0. The highest BCUT2D eigenvalue weighted by Crippen LogP contribution is 2.12. The van der Waals surface area contributed by atoms with Crippen LogP contribution in [0.5, 0.6) is 5.75 Å². The highest BCUT2D eigenvalue weighted by molar-refractivity contribution is 5.27. The summed E-state index contributed by atoms with van der Waals surface area (Å²) in [6.45, 7) is 6.87. The smallest absolute Gasteiger partial charge is 0.119 e. The van der Waals surface area contributed by atoms with Crippen LogP contribution in [-0.4, -0.2) is 22.2 Å². The lowest BCUT2D eigenvalue weighted by Crippen LogP contribution is -2.21. The Morgan fingerprint density at radius 2 is 2.05 bits per heavy atom. The van der Waals surface area contributed by atoms with Gasteiger partial charge in [-0.2, -0.15) is 0 Å². The lowest BCUT2D eigenvalue weighted by atomic mass is 10.2. The topological polar surface area (TPSA) is 39.1 Å². The van der Waals surface area contributed by atoms with Crippen LogP contribution in [0.15, 0.2) is 43.0 Å². The highest BCUT2D eigenvalue weighted by atomic mass is 16.5. The van der Waals surface area contributed by atoms with E-state index in [0.29, 0.717) is 6.04 Å². The first kappa shape index (κ1) is 14.6. The number of rotatable bonds is 8. The predicted octanol–water partition coefficient (Wildman–Crippen LogP) is 2.85. The Bertz CT molecular complexity index is 477. The van der Waals surface area contributed by atoms with E-state index in [0.717, 1.165) is 31.9 Å². The largest absolute Gasteiger partial charge is 0.494 e. The first-order valence-electron chi connectivity index (χ1n) is 7.15. The molecule has 0 aliphatic heterocycles. The zero-order chi connectivity index (χ0) is 14.2. The highest BCUT2D eigenvalue weighted by Gasteiger charge is 1.98. The van der Waals surface area contributed by atoms with Crippen LogP contribution < -0.4 is 10.1 Å². The number of imidazole rings is 1. The fraction of sp³-hybridized carbons (Fsp3) is 0.438. The molecule has 0 bridgehead atoms. The Kier molecular flexibility index (Phi) is 5.62. The SMILES string of the molecule is CC(C)NCc1ccc(OCCCn2ccnc2)cc1. The van der Waals surface area contributed by atoms with E-state index < -0.39 is 0 Å². The maximum atomic E-state index is 5.73. The van der Waals surface area contributed by atoms with Crippen molar-refractivity contribution >= 4 is 0 Å².